The highest BCUT2D eigenvalue weighted by molar-refractivity contribution is 6.06. The van der Waals surface area contributed by atoms with Crippen molar-refractivity contribution >= 4 is 29.2 Å². The Hall–Kier alpha value is -2.70. The third kappa shape index (κ3) is 5.70. The van der Waals surface area contributed by atoms with Gasteiger partial charge in [-0.05, 0) is 31.0 Å². The Bertz CT molecular complexity index is 667. The van der Waals surface area contributed by atoms with Crippen LogP contribution in [-0.4, -0.2) is 30.1 Å². The molecule has 1 aromatic carbocycles. The van der Waals surface area contributed by atoms with Gasteiger partial charge in [-0.25, -0.2) is 5.43 Å². The Labute approximate surface area is 146 Å². The predicted octanol–water partition coefficient (Wildman–Crippen LogP) is 2.22. The zero-order valence-electron chi connectivity index (χ0n) is 14.5. The Kier molecular flexibility index (Phi) is 6.68. The smallest absolute Gasteiger partial charge is 0.305 e. The monoisotopic (exact) mass is 345 g/mol. The predicted molar refractivity (Wildman–Crippen MR) is 94.0 cm³/mol. The van der Waals surface area contributed by atoms with Crippen molar-refractivity contribution in [3.8, 4) is 0 Å². The first-order valence-electron chi connectivity index (χ1n) is 8.42. The molecule has 0 aromatic heterocycles. The maximum atomic E-state index is 11.9. The van der Waals surface area contributed by atoms with Gasteiger partial charge in [0.2, 0.25) is 11.8 Å². The molecule has 0 aliphatic carbocycles. The maximum absolute atomic E-state index is 11.9. The van der Waals surface area contributed by atoms with E-state index in [-0.39, 0.29) is 36.5 Å². The molecule has 134 valence electrons. The first kappa shape index (κ1) is 18.6. The number of ether oxygens (including phenoxy) is 1. The summed E-state index contributed by atoms with van der Waals surface area (Å²) in [4.78, 5) is 34.4. The second-order valence-corrected chi connectivity index (χ2v) is 5.92. The average Bonchev–Trinajstić information content (AvgIpc) is 2.56. The van der Waals surface area contributed by atoms with Gasteiger partial charge in [0.05, 0.1) is 12.3 Å². The lowest BCUT2D eigenvalue weighted by atomic mass is 9.94. The number of carbonyl (C=O) groups excluding carboxylic acids is 3. The summed E-state index contributed by atoms with van der Waals surface area (Å²) in [7, 11) is 0. The molecule has 1 heterocycles. The standard InChI is InChI=1S/C18H23N3O4/c1-3-25-17(24)6-4-5-15(22)19-14-9-7-13(8-10-14)18-12(2)11-16(23)20-21-18/h7-10,12H,3-6,11H2,1-2H3,(H,19,22)(H,20,23). The van der Waals surface area contributed by atoms with Crippen LogP contribution in [0.25, 0.3) is 0 Å². The van der Waals surface area contributed by atoms with E-state index in [1.807, 2.05) is 19.1 Å². The van der Waals surface area contributed by atoms with E-state index < -0.39 is 0 Å². The number of hydrazone groups is 1. The molecular formula is C18H23N3O4. The number of hydrogen-bond acceptors (Lipinski definition) is 5. The summed E-state index contributed by atoms with van der Waals surface area (Å²) in [5.41, 5.74) is 4.91. The maximum Gasteiger partial charge on any atom is 0.305 e. The largest absolute Gasteiger partial charge is 0.466 e. The molecular weight excluding hydrogens is 322 g/mol. The third-order valence-corrected chi connectivity index (χ3v) is 3.81. The second kappa shape index (κ2) is 8.96. The third-order valence-electron chi connectivity index (χ3n) is 3.81. The van der Waals surface area contributed by atoms with Crippen LogP contribution in [0.3, 0.4) is 0 Å². The summed E-state index contributed by atoms with van der Waals surface area (Å²) in [6, 6.07) is 7.32. The van der Waals surface area contributed by atoms with Gasteiger partial charge in [-0.2, -0.15) is 5.10 Å². The van der Waals surface area contributed by atoms with E-state index >= 15 is 0 Å². The van der Waals surface area contributed by atoms with Crippen LogP contribution in [-0.2, 0) is 19.1 Å². The number of hydrogen-bond donors (Lipinski definition) is 2. The molecule has 1 aliphatic heterocycles. The first-order valence-corrected chi connectivity index (χ1v) is 8.42. The fourth-order valence-electron chi connectivity index (χ4n) is 2.58. The fraction of sp³-hybridized carbons (Fsp3) is 0.444. The molecule has 1 aromatic rings. The number of esters is 1. The molecule has 2 amide bonds. The number of rotatable bonds is 7. The number of nitrogens with zero attached hydrogens (tertiary/aromatic N) is 1. The van der Waals surface area contributed by atoms with Crippen molar-refractivity contribution in [2.24, 2.45) is 11.0 Å². The lowest BCUT2D eigenvalue weighted by Crippen LogP contribution is -2.31. The van der Waals surface area contributed by atoms with Crippen molar-refractivity contribution in [1.82, 2.24) is 5.43 Å². The van der Waals surface area contributed by atoms with Gasteiger partial charge in [0, 0.05) is 30.9 Å². The molecule has 2 rings (SSSR count). The van der Waals surface area contributed by atoms with Crippen molar-refractivity contribution in [2.75, 3.05) is 11.9 Å². The Morgan fingerprint density at radius 3 is 2.64 bits per heavy atom. The molecule has 0 radical (unpaired) electrons. The van der Waals surface area contributed by atoms with Gasteiger partial charge in [-0.3, -0.25) is 14.4 Å². The number of nitrogens with one attached hydrogen (secondary N) is 2. The van der Waals surface area contributed by atoms with Crippen LogP contribution in [0.15, 0.2) is 29.4 Å². The summed E-state index contributed by atoms with van der Waals surface area (Å²) >= 11 is 0. The lowest BCUT2D eigenvalue weighted by Gasteiger charge is -2.19. The van der Waals surface area contributed by atoms with Crippen LogP contribution < -0.4 is 10.7 Å². The number of anilines is 1. The molecule has 7 heteroatoms. The molecule has 0 bridgehead atoms. The number of carbonyl (C=O) groups is 3. The summed E-state index contributed by atoms with van der Waals surface area (Å²) in [5.74, 6) is -0.457. The second-order valence-electron chi connectivity index (χ2n) is 5.92. The van der Waals surface area contributed by atoms with E-state index in [1.165, 1.54) is 0 Å². The van der Waals surface area contributed by atoms with Crippen molar-refractivity contribution < 1.29 is 19.1 Å². The van der Waals surface area contributed by atoms with E-state index in [4.69, 9.17) is 4.74 Å². The van der Waals surface area contributed by atoms with Gasteiger partial charge in [-0.1, -0.05) is 19.1 Å². The highest BCUT2D eigenvalue weighted by atomic mass is 16.5. The highest BCUT2D eigenvalue weighted by Gasteiger charge is 2.21. The Balaban J connectivity index is 1.85. The van der Waals surface area contributed by atoms with Gasteiger partial charge in [0.25, 0.3) is 0 Å². The van der Waals surface area contributed by atoms with Crippen LogP contribution in [0.1, 0.15) is 45.1 Å². The zero-order chi connectivity index (χ0) is 18.2. The van der Waals surface area contributed by atoms with Crippen molar-refractivity contribution in [2.45, 2.75) is 39.5 Å². The zero-order valence-corrected chi connectivity index (χ0v) is 14.5. The van der Waals surface area contributed by atoms with Crippen molar-refractivity contribution in [3.05, 3.63) is 29.8 Å². The summed E-state index contributed by atoms with van der Waals surface area (Å²) in [6.07, 6.45) is 1.37. The molecule has 1 atom stereocenters. The van der Waals surface area contributed by atoms with Gasteiger partial charge in [0.15, 0.2) is 0 Å². The molecule has 25 heavy (non-hydrogen) atoms. The molecule has 0 fully saturated rings. The highest BCUT2D eigenvalue weighted by Crippen LogP contribution is 2.18. The SMILES string of the molecule is CCOC(=O)CCCC(=O)Nc1ccc(C2=NNC(=O)CC2C)cc1. The van der Waals surface area contributed by atoms with Crippen LogP contribution in [0, 0.1) is 5.92 Å². The van der Waals surface area contributed by atoms with Gasteiger partial charge in [-0.15, -0.1) is 0 Å². The van der Waals surface area contributed by atoms with Crippen LogP contribution in [0.4, 0.5) is 5.69 Å². The van der Waals surface area contributed by atoms with E-state index in [9.17, 15) is 14.4 Å². The Morgan fingerprint density at radius 2 is 2.00 bits per heavy atom. The van der Waals surface area contributed by atoms with E-state index in [0.29, 0.717) is 25.1 Å². The van der Waals surface area contributed by atoms with E-state index in [0.717, 1.165) is 11.3 Å². The molecule has 2 N–H and O–H groups in total. The van der Waals surface area contributed by atoms with E-state index in [2.05, 4.69) is 15.8 Å². The van der Waals surface area contributed by atoms with Gasteiger partial charge >= 0.3 is 5.97 Å². The quantitative estimate of drug-likeness (QED) is 0.741. The molecule has 0 saturated carbocycles. The summed E-state index contributed by atoms with van der Waals surface area (Å²) in [6.45, 7) is 4.06. The number of amides is 2. The van der Waals surface area contributed by atoms with Gasteiger partial charge in [0.1, 0.15) is 0 Å². The summed E-state index contributed by atoms with van der Waals surface area (Å²) < 4.78 is 4.82. The minimum Gasteiger partial charge on any atom is -0.466 e. The minimum atomic E-state index is -0.283. The van der Waals surface area contributed by atoms with Crippen LogP contribution >= 0.6 is 0 Å². The minimum absolute atomic E-state index is 0.0528. The van der Waals surface area contributed by atoms with Crippen molar-refractivity contribution in [3.63, 3.8) is 0 Å². The average molecular weight is 345 g/mol. The van der Waals surface area contributed by atoms with Crippen molar-refractivity contribution in [1.29, 1.82) is 0 Å². The molecule has 0 saturated heterocycles. The normalized spacial score (nSPS) is 16.6. The molecule has 1 aliphatic rings. The Morgan fingerprint density at radius 1 is 1.28 bits per heavy atom. The topological polar surface area (TPSA) is 96.9 Å². The fourth-order valence-corrected chi connectivity index (χ4v) is 2.58. The first-order chi connectivity index (χ1) is 12.0. The van der Waals surface area contributed by atoms with Gasteiger partial charge < -0.3 is 10.1 Å². The van der Waals surface area contributed by atoms with Crippen LogP contribution in [0.5, 0.6) is 0 Å². The number of benzene rings is 1. The lowest BCUT2D eigenvalue weighted by molar-refractivity contribution is -0.143. The van der Waals surface area contributed by atoms with Crippen LogP contribution in [0.2, 0.25) is 0 Å². The molecule has 7 nitrogen and oxygen atoms in total. The molecule has 0 spiro atoms. The summed E-state index contributed by atoms with van der Waals surface area (Å²) in [5, 5.41) is 6.91. The van der Waals surface area contributed by atoms with E-state index in [1.54, 1.807) is 19.1 Å². The molecule has 1 unspecified atom stereocenters.